The van der Waals surface area contributed by atoms with E-state index in [1.165, 1.54) is 6.42 Å². The van der Waals surface area contributed by atoms with Crippen molar-refractivity contribution in [2.45, 2.75) is 40.2 Å². The summed E-state index contributed by atoms with van der Waals surface area (Å²) in [5.74, 6) is 1.39. The quantitative estimate of drug-likeness (QED) is 0.660. The summed E-state index contributed by atoms with van der Waals surface area (Å²) in [7, 11) is 1.77. The van der Waals surface area contributed by atoms with Crippen LogP contribution in [0.3, 0.4) is 0 Å². The lowest BCUT2D eigenvalue weighted by Crippen LogP contribution is -2.41. The molecule has 0 saturated heterocycles. The normalized spacial score (nSPS) is 16.2. The van der Waals surface area contributed by atoms with Crippen LogP contribution in [-0.2, 0) is 4.74 Å². The van der Waals surface area contributed by atoms with Crippen molar-refractivity contribution in [1.29, 1.82) is 0 Å². The molecule has 1 N–H and O–H groups in total. The average molecular weight is 187 g/mol. The van der Waals surface area contributed by atoms with E-state index in [9.17, 15) is 0 Å². The van der Waals surface area contributed by atoms with Crippen LogP contribution in [-0.4, -0.2) is 26.3 Å². The summed E-state index contributed by atoms with van der Waals surface area (Å²) in [6.07, 6.45) is 1.19. The van der Waals surface area contributed by atoms with Crippen molar-refractivity contribution in [3.05, 3.63) is 0 Å². The standard InChI is InChI=1S/C11H25NO/c1-6-7-12-11(8-13-5)10(4)9(2)3/h9-12H,6-8H2,1-5H3. The Morgan fingerprint density at radius 3 is 2.23 bits per heavy atom. The van der Waals surface area contributed by atoms with E-state index in [2.05, 4.69) is 33.0 Å². The van der Waals surface area contributed by atoms with Crippen LogP contribution in [0.4, 0.5) is 0 Å². The van der Waals surface area contributed by atoms with Crippen molar-refractivity contribution < 1.29 is 4.74 Å². The van der Waals surface area contributed by atoms with Gasteiger partial charge in [-0.15, -0.1) is 0 Å². The van der Waals surface area contributed by atoms with Gasteiger partial charge in [0, 0.05) is 13.2 Å². The maximum atomic E-state index is 5.21. The summed E-state index contributed by atoms with van der Waals surface area (Å²) in [6.45, 7) is 10.9. The molecule has 0 aliphatic rings. The zero-order valence-corrected chi connectivity index (χ0v) is 9.76. The lowest BCUT2D eigenvalue weighted by atomic mass is 9.90. The molecule has 80 valence electrons. The van der Waals surface area contributed by atoms with Crippen LogP contribution < -0.4 is 5.32 Å². The second-order valence-corrected chi connectivity index (χ2v) is 4.12. The fourth-order valence-electron chi connectivity index (χ4n) is 1.37. The summed E-state index contributed by atoms with van der Waals surface area (Å²) >= 11 is 0. The van der Waals surface area contributed by atoms with E-state index in [4.69, 9.17) is 4.74 Å². The third-order valence-electron chi connectivity index (χ3n) is 2.69. The number of hydrogen-bond donors (Lipinski definition) is 1. The van der Waals surface area contributed by atoms with Crippen LogP contribution in [0.5, 0.6) is 0 Å². The minimum absolute atomic E-state index is 0.505. The van der Waals surface area contributed by atoms with Crippen LogP contribution in [0.1, 0.15) is 34.1 Å². The first-order valence-electron chi connectivity index (χ1n) is 5.35. The predicted molar refractivity (Wildman–Crippen MR) is 58.0 cm³/mol. The molecule has 0 aromatic carbocycles. The van der Waals surface area contributed by atoms with E-state index in [1.54, 1.807) is 7.11 Å². The maximum absolute atomic E-state index is 5.21. The Morgan fingerprint density at radius 1 is 1.23 bits per heavy atom. The van der Waals surface area contributed by atoms with E-state index in [1.807, 2.05) is 0 Å². The molecule has 0 spiro atoms. The molecule has 0 saturated carbocycles. The second kappa shape index (κ2) is 7.34. The summed E-state index contributed by atoms with van der Waals surface area (Å²) in [5, 5.41) is 3.53. The van der Waals surface area contributed by atoms with Crippen molar-refractivity contribution in [2.24, 2.45) is 11.8 Å². The Labute approximate surface area is 83.1 Å². The highest BCUT2D eigenvalue weighted by atomic mass is 16.5. The third-order valence-corrected chi connectivity index (χ3v) is 2.69. The molecule has 2 heteroatoms. The molecule has 0 aliphatic heterocycles. The second-order valence-electron chi connectivity index (χ2n) is 4.12. The molecule has 0 bridgehead atoms. The van der Waals surface area contributed by atoms with Gasteiger partial charge in [-0.2, -0.15) is 0 Å². The molecule has 0 aromatic rings. The van der Waals surface area contributed by atoms with Gasteiger partial charge < -0.3 is 10.1 Å². The maximum Gasteiger partial charge on any atom is 0.0618 e. The number of methoxy groups -OCH3 is 1. The minimum Gasteiger partial charge on any atom is -0.383 e. The number of ether oxygens (including phenoxy) is 1. The Hall–Kier alpha value is -0.0800. The van der Waals surface area contributed by atoms with Crippen molar-refractivity contribution in [3.63, 3.8) is 0 Å². The van der Waals surface area contributed by atoms with Gasteiger partial charge in [0.15, 0.2) is 0 Å². The molecular weight excluding hydrogens is 162 g/mol. The first-order valence-corrected chi connectivity index (χ1v) is 5.35. The third kappa shape index (κ3) is 5.27. The summed E-state index contributed by atoms with van der Waals surface area (Å²) < 4.78 is 5.21. The highest BCUT2D eigenvalue weighted by molar-refractivity contribution is 4.74. The minimum atomic E-state index is 0.505. The zero-order chi connectivity index (χ0) is 10.3. The summed E-state index contributed by atoms with van der Waals surface area (Å²) in [5.41, 5.74) is 0. The molecule has 0 heterocycles. The predicted octanol–water partition coefficient (Wildman–Crippen LogP) is 2.29. The molecule has 2 atom stereocenters. The number of nitrogens with one attached hydrogen (secondary N) is 1. The molecular formula is C11H25NO. The topological polar surface area (TPSA) is 21.3 Å². The lowest BCUT2D eigenvalue weighted by molar-refractivity contribution is 0.130. The summed E-state index contributed by atoms with van der Waals surface area (Å²) in [6, 6.07) is 0.505. The van der Waals surface area contributed by atoms with Gasteiger partial charge in [0.1, 0.15) is 0 Å². The fourth-order valence-corrected chi connectivity index (χ4v) is 1.37. The van der Waals surface area contributed by atoms with E-state index in [0.717, 1.165) is 13.2 Å². The van der Waals surface area contributed by atoms with Crippen molar-refractivity contribution in [1.82, 2.24) is 5.32 Å². The highest BCUT2D eigenvalue weighted by Gasteiger charge is 2.18. The van der Waals surface area contributed by atoms with E-state index in [0.29, 0.717) is 17.9 Å². The molecule has 2 unspecified atom stereocenters. The van der Waals surface area contributed by atoms with Crippen LogP contribution >= 0.6 is 0 Å². The monoisotopic (exact) mass is 187 g/mol. The van der Waals surface area contributed by atoms with Crippen LogP contribution in [0, 0.1) is 11.8 Å². The molecule has 0 fully saturated rings. The van der Waals surface area contributed by atoms with Crippen molar-refractivity contribution in [3.8, 4) is 0 Å². The number of hydrogen-bond acceptors (Lipinski definition) is 2. The Balaban J connectivity index is 3.90. The summed E-state index contributed by atoms with van der Waals surface area (Å²) in [4.78, 5) is 0. The van der Waals surface area contributed by atoms with Gasteiger partial charge in [0.25, 0.3) is 0 Å². The Morgan fingerprint density at radius 2 is 1.85 bits per heavy atom. The van der Waals surface area contributed by atoms with Crippen molar-refractivity contribution in [2.75, 3.05) is 20.3 Å². The van der Waals surface area contributed by atoms with E-state index < -0.39 is 0 Å². The molecule has 0 aromatic heterocycles. The van der Waals surface area contributed by atoms with Crippen LogP contribution in [0.2, 0.25) is 0 Å². The molecule has 0 rings (SSSR count). The first kappa shape index (κ1) is 12.9. The van der Waals surface area contributed by atoms with Gasteiger partial charge in [-0.3, -0.25) is 0 Å². The zero-order valence-electron chi connectivity index (χ0n) is 9.76. The van der Waals surface area contributed by atoms with Crippen molar-refractivity contribution >= 4 is 0 Å². The van der Waals surface area contributed by atoms with E-state index in [-0.39, 0.29) is 0 Å². The van der Waals surface area contributed by atoms with Crippen LogP contribution in [0.15, 0.2) is 0 Å². The van der Waals surface area contributed by atoms with Gasteiger partial charge in [0.05, 0.1) is 6.61 Å². The molecule has 2 nitrogen and oxygen atoms in total. The fraction of sp³-hybridized carbons (Fsp3) is 1.00. The average Bonchev–Trinajstić information content (AvgIpc) is 2.11. The van der Waals surface area contributed by atoms with Gasteiger partial charge in [-0.1, -0.05) is 27.7 Å². The molecule has 0 radical (unpaired) electrons. The van der Waals surface area contributed by atoms with E-state index >= 15 is 0 Å². The highest BCUT2D eigenvalue weighted by Crippen LogP contribution is 2.14. The first-order chi connectivity index (χ1) is 6.13. The molecule has 13 heavy (non-hydrogen) atoms. The Bertz CT molecular complexity index is 115. The largest absolute Gasteiger partial charge is 0.383 e. The molecule has 0 aliphatic carbocycles. The lowest BCUT2D eigenvalue weighted by Gasteiger charge is -2.27. The SMILES string of the molecule is CCCNC(COC)C(C)C(C)C. The molecule has 0 amide bonds. The van der Waals surface area contributed by atoms with Gasteiger partial charge in [0.2, 0.25) is 0 Å². The van der Waals surface area contributed by atoms with Gasteiger partial charge >= 0.3 is 0 Å². The smallest absolute Gasteiger partial charge is 0.0618 e. The number of rotatable bonds is 7. The van der Waals surface area contributed by atoms with Gasteiger partial charge in [-0.25, -0.2) is 0 Å². The Kier molecular flexibility index (Phi) is 7.29. The van der Waals surface area contributed by atoms with Crippen LogP contribution in [0.25, 0.3) is 0 Å². The van der Waals surface area contributed by atoms with Gasteiger partial charge in [-0.05, 0) is 24.8 Å².